The third kappa shape index (κ3) is 7.56. The fourth-order valence-electron chi connectivity index (χ4n) is 3.69. The van der Waals surface area contributed by atoms with E-state index in [1.807, 2.05) is 0 Å². The van der Waals surface area contributed by atoms with Crippen LogP contribution in [0.5, 0.6) is 0 Å². The highest BCUT2D eigenvalue weighted by Gasteiger charge is 2.26. The summed E-state index contributed by atoms with van der Waals surface area (Å²) >= 11 is 0. The zero-order valence-electron chi connectivity index (χ0n) is 16.2. The molecule has 2 saturated heterocycles. The predicted octanol–water partition coefficient (Wildman–Crippen LogP) is 2.04. The number of ether oxygens (including phenoxy) is 2. The molecule has 0 aromatic heterocycles. The Morgan fingerprint density at radius 3 is 2.76 bits per heavy atom. The normalized spacial score (nSPS) is 24.6. The van der Waals surface area contributed by atoms with Crippen molar-refractivity contribution >= 4 is 29.9 Å². The molecule has 2 rings (SSSR count). The monoisotopic (exact) mass is 468 g/mol. The van der Waals surface area contributed by atoms with Crippen LogP contribution in [-0.2, 0) is 9.47 Å². The Bertz CT molecular complexity index is 384. The summed E-state index contributed by atoms with van der Waals surface area (Å²) in [5, 5.41) is 3.47. The fourth-order valence-corrected chi connectivity index (χ4v) is 3.69. The van der Waals surface area contributed by atoms with Gasteiger partial charge in [0, 0.05) is 38.7 Å². The van der Waals surface area contributed by atoms with Gasteiger partial charge in [-0.1, -0.05) is 6.92 Å². The van der Waals surface area contributed by atoms with E-state index in [1.165, 1.54) is 25.8 Å². The standard InChI is InChI=1S/C18H36N4O2.HI/c1-4-19-18(20-13-17-7-6-9-21(17)5-2)22-10-8-16(14-22)15-24-12-11-23-3;/h16-17H,4-15H2,1-3H3,(H,19,20);1H. The van der Waals surface area contributed by atoms with Crippen LogP contribution >= 0.6 is 24.0 Å². The van der Waals surface area contributed by atoms with Gasteiger partial charge in [-0.05, 0) is 39.3 Å². The molecule has 6 nitrogen and oxygen atoms in total. The lowest BCUT2D eigenvalue weighted by Gasteiger charge is -2.24. The maximum atomic E-state index is 5.70. The zero-order valence-corrected chi connectivity index (χ0v) is 18.5. The number of hydrogen-bond donors (Lipinski definition) is 1. The molecule has 2 atom stereocenters. The van der Waals surface area contributed by atoms with Crippen molar-refractivity contribution in [1.29, 1.82) is 0 Å². The van der Waals surface area contributed by atoms with Crippen molar-refractivity contribution in [2.45, 2.75) is 39.2 Å². The Labute approximate surface area is 170 Å². The molecule has 0 aromatic rings. The number of hydrogen-bond acceptors (Lipinski definition) is 4. The molecule has 2 aliphatic rings. The molecule has 7 heteroatoms. The molecule has 0 aromatic carbocycles. The van der Waals surface area contributed by atoms with Crippen LogP contribution in [0.1, 0.15) is 33.1 Å². The van der Waals surface area contributed by atoms with Gasteiger partial charge in [-0.2, -0.15) is 0 Å². The first kappa shape index (κ1) is 22.9. The quantitative estimate of drug-likeness (QED) is 0.243. The number of nitrogens with zero attached hydrogens (tertiary/aromatic N) is 3. The smallest absolute Gasteiger partial charge is 0.193 e. The summed E-state index contributed by atoms with van der Waals surface area (Å²) in [5.41, 5.74) is 0. The van der Waals surface area contributed by atoms with Crippen LogP contribution in [0.2, 0.25) is 0 Å². The van der Waals surface area contributed by atoms with E-state index in [0.29, 0.717) is 25.2 Å². The van der Waals surface area contributed by atoms with Crippen LogP contribution in [0, 0.1) is 5.92 Å². The molecule has 0 aliphatic carbocycles. The van der Waals surface area contributed by atoms with Gasteiger partial charge in [-0.15, -0.1) is 24.0 Å². The predicted molar refractivity (Wildman–Crippen MR) is 114 cm³/mol. The van der Waals surface area contributed by atoms with Crippen LogP contribution in [0.15, 0.2) is 4.99 Å². The first-order valence-electron chi connectivity index (χ1n) is 9.62. The Morgan fingerprint density at radius 1 is 1.20 bits per heavy atom. The Morgan fingerprint density at radius 2 is 2.04 bits per heavy atom. The number of nitrogens with one attached hydrogen (secondary N) is 1. The van der Waals surface area contributed by atoms with Gasteiger partial charge in [0.15, 0.2) is 5.96 Å². The van der Waals surface area contributed by atoms with E-state index in [4.69, 9.17) is 14.5 Å². The van der Waals surface area contributed by atoms with Gasteiger partial charge in [0.2, 0.25) is 0 Å². The van der Waals surface area contributed by atoms with Crippen LogP contribution in [-0.4, -0.2) is 88.0 Å². The summed E-state index contributed by atoms with van der Waals surface area (Å²) < 4.78 is 10.7. The van der Waals surface area contributed by atoms with E-state index in [9.17, 15) is 0 Å². The van der Waals surface area contributed by atoms with Gasteiger partial charge >= 0.3 is 0 Å². The fraction of sp³-hybridized carbons (Fsp3) is 0.944. The summed E-state index contributed by atoms with van der Waals surface area (Å²) in [6.45, 7) is 12.9. The molecular formula is C18H37IN4O2. The van der Waals surface area contributed by atoms with Crippen molar-refractivity contribution in [3.63, 3.8) is 0 Å². The van der Waals surface area contributed by atoms with Gasteiger partial charge in [0.05, 0.1) is 26.4 Å². The van der Waals surface area contributed by atoms with E-state index in [0.717, 1.165) is 45.3 Å². The Hall–Kier alpha value is -0.120. The Balaban J connectivity index is 0.00000312. The van der Waals surface area contributed by atoms with Crippen LogP contribution in [0.4, 0.5) is 0 Å². The SMILES string of the molecule is CCNC(=NCC1CCCN1CC)N1CCC(COCCOC)C1.I. The first-order chi connectivity index (χ1) is 11.8. The van der Waals surface area contributed by atoms with Crippen molar-refractivity contribution in [3.8, 4) is 0 Å². The zero-order chi connectivity index (χ0) is 17.2. The van der Waals surface area contributed by atoms with E-state index < -0.39 is 0 Å². The molecule has 0 saturated carbocycles. The summed E-state index contributed by atoms with van der Waals surface area (Å²) in [5.74, 6) is 1.68. The van der Waals surface area contributed by atoms with E-state index >= 15 is 0 Å². The van der Waals surface area contributed by atoms with Gasteiger partial charge in [0.1, 0.15) is 0 Å². The molecule has 0 amide bonds. The number of aliphatic imine (C=N–C) groups is 1. The van der Waals surface area contributed by atoms with Gasteiger partial charge in [-0.25, -0.2) is 0 Å². The summed E-state index contributed by atoms with van der Waals surface area (Å²) in [6, 6.07) is 0.624. The molecule has 25 heavy (non-hydrogen) atoms. The average molecular weight is 468 g/mol. The lowest BCUT2D eigenvalue weighted by atomic mass is 10.1. The van der Waals surface area contributed by atoms with E-state index in [1.54, 1.807) is 7.11 Å². The van der Waals surface area contributed by atoms with Crippen molar-refractivity contribution in [2.24, 2.45) is 10.9 Å². The second-order valence-electron chi connectivity index (χ2n) is 6.79. The first-order valence-corrected chi connectivity index (χ1v) is 9.62. The molecule has 1 N–H and O–H groups in total. The lowest BCUT2D eigenvalue weighted by Crippen LogP contribution is -2.41. The minimum absolute atomic E-state index is 0. The highest BCUT2D eigenvalue weighted by atomic mass is 127. The molecule has 2 aliphatic heterocycles. The van der Waals surface area contributed by atoms with E-state index in [-0.39, 0.29) is 24.0 Å². The van der Waals surface area contributed by atoms with Crippen molar-refractivity contribution in [2.75, 3.05) is 66.2 Å². The van der Waals surface area contributed by atoms with Gasteiger partial charge in [-0.3, -0.25) is 9.89 Å². The maximum absolute atomic E-state index is 5.70. The third-order valence-corrected chi connectivity index (χ3v) is 5.06. The Kier molecular flexibility index (Phi) is 12.0. The molecular weight excluding hydrogens is 431 g/mol. The second kappa shape index (κ2) is 13.1. The van der Waals surface area contributed by atoms with Gasteiger partial charge < -0.3 is 19.7 Å². The van der Waals surface area contributed by atoms with Crippen molar-refractivity contribution in [3.05, 3.63) is 0 Å². The lowest BCUT2D eigenvalue weighted by molar-refractivity contribution is 0.0536. The van der Waals surface area contributed by atoms with E-state index in [2.05, 4.69) is 29.0 Å². The number of likely N-dealkylation sites (N-methyl/N-ethyl adjacent to an activating group) is 1. The number of halogens is 1. The minimum Gasteiger partial charge on any atom is -0.382 e. The third-order valence-electron chi connectivity index (χ3n) is 5.06. The molecule has 2 unspecified atom stereocenters. The molecule has 0 radical (unpaired) electrons. The van der Waals surface area contributed by atoms with Gasteiger partial charge in [0.25, 0.3) is 0 Å². The van der Waals surface area contributed by atoms with Crippen LogP contribution in [0.25, 0.3) is 0 Å². The second-order valence-corrected chi connectivity index (χ2v) is 6.79. The topological polar surface area (TPSA) is 49.3 Å². The molecule has 2 fully saturated rings. The van der Waals surface area contributed by atoms with Crippen LogP contribution in [0.3, 0.4) is 0 Å². The minimum atomic E-state index is 0. The molecule has 2 heterocycles. The summed E-state index contributed by atoms with van der Waals surface area (Å²) in [6.07, 6.45) is 3.78. The number of methoxy groups -OCH3 is 1. The number of guanidine groups is 1. The maximum Gasteiger partial charge on any atom is 0.193 e. The van der Waals surface area contributed by atoms with Crippen molar-refractivity contribution in [1.82, 2.24) is 15.1 Å². The number of rotatable bonds is 9. The summed E-state index contributed by atoms with van der Waals surface area (Å²) in [7, 11) is 1.71. The molecule has 0 bridgehead atoms. The highest BCUT2D eigenvalue weighted by Crippen LogP contribution is 2.19. The molecule has 0 spiro atoms. The van der Waals surface area contributed by atoms with Crippen LogP contribution < -0.4 is 5.32 Å². The number of likely N-dealkylation sites (tertiary alicyclic amines) is 2. The highest BCUT2D eigenvalue weighted by molar-refractivity contribution is 14.0. The summed E-state index contributed by atoms with van der Waals surface area (Å²) in [4.78, 5) is 9.91. The average Bonchev–Trinajstić information content (AvgIpc) is 3.24. The van der Waals surface area contributed by atoms with Crippen molar-refractivity contribution < 1.29 is 9.47 Å². The molecule has 148 valence electrons. The largest absolute Gasteiger partial charge is 0.382 e.